The van der Waals surface area contributed by atoms with Gasteiger partial charge < -0.3 is 16.2 Å². The van der Waals surface area contributed by atoms with Gasteiger partial charge in [-0.3, -0.25) is 0 Å². The van der Waals surface area contributed by atoms with Crippen LogP contribution in [0.2, 0.25) is 0 Å². The Morgan fingerprint density at radius 3 is 2.89 bits per heavy atom. The largest absolute Gasteiger partial charge is 0.478 e. The summed E-state index contributed by atoms with van der Waals surface area (Å²) in [6.45, 7) is 0.986. The number of carbonyl (C=O) groups is 1. The van der Waals surface area contributed by atoms with Crippen LogP contribution in [0.4, 0.5) is 10.8 Å². The first-order valence-corrected chi connectivity index (χ1v) is 6.80. The molecule has 0 spiro atoms. The van der Waals surface area contributed by atoms with Gasteiger partial charge in [-0.05, 0) is 36.6 Å². The molecule has 2 aromatic rings. The van der Waals surface area contributed by atoms with Gasteiger partial charge in [0.2, 0.25) is 0 Å². The molecule has 1 aliphatic heterocycles. The number of aryl methyl sites for hydroxylation is 1. The van der Waals surface area contributed by atoms with Crippen molar-refractivity contribution < 1.29 is 9.90 Å². The highest BCUT2D eigenvalue weighted by atomic mass is 32.1. The maximum atomic E-state index is 10.7. The molecule has 0 fully saturated rings. The molecule has 6 heteroatoms. The second-order valence-electron chi connectivity index (χ2n) is 4.08. The van der Waals surface area contributed by atoms with E-state index >= 15 is 0 Å². The van der Waals surface area contributed by atoms with E-state index in [-0.39, 0.29) is 0 Å². The number of nitrogens with zero attached hydrogens (tertiary/aromatic N) is 1. The summed E-state index contributed by atoms with van der Waals surface area (Å²) in [7, 11) is 0. The second kappa shape index (κ2) is 6.19. The Morgan fingerprint density at radius 1 is 1.47 bits per heavy atom. The molecular weight excluding hydrogens is 262 g/mol. The van der Waals surface area contributed by atoms with Gasteiger partial charge in [-0.1, -0.05) is 0 Å². The van der Waals surface area contributed by atoms with Gasteiger partial charge in [0.1, 0.15) is 0 Å². The fraction of sp³-hybridized carbons (Fsp3) is 0.231. The van der Waals surface area contributed by atoms with Crippen LogP contribution in [-0.4, -0.2) is 22.6 Å². The van der Waals surface area contributed by atoms with E-state index in [1.165, 1.54) is 11.3 Å². The molecule has 100 valence electrons. The lowest BCUT2D eigenvalue weighted by Crippen LogP contribution is -2.12. The number of benzene rings is 1. The summed E-state index contributed by atoms with van der Waals surface area (Å²) in [6, 6.07) is 5.24. The van der Waals surface area contributed by atoms with Crippen LogP contribution in [0.25, 0.3) is 0 Å². The van der Waals surface area contributed by atoms with Crippen molar-refractivity contribution in [3.63, 3.8) is 0 Å². The van der Waals surface area contributed by atoms with E-state index in [9.17, 15) is 4.79 Å². The molecule has 0 atom stereocenters. The minimum Gasteiger partial charge on any atom is -0.478 e. The Labute approximate surface area is 115 Å². The Hall–Kier alpha value is -2.08. The number of anilines is 2. The summed E-state index contributed by atoms with van der Waals surface area (Å²) in [6.07, 6.45) is 3.74. The topological polar surface area (TPSA) is 88.2 Å². The Morgan fingerprint density at radius 2 is 2.32 bits per heavy atom. The van der Waals surface area contributed by atoms with Crippen molar-refractivity contribution in [3.8, 4) is 0 Å². The minimum absolute atomic E-state index is 0.377. The van der Waals surface area contributed by atoms with Gasteiger partial charge in [0, 0.05) is 23.8 Å². The lowest BCUT2D eigenvalue weighted by molar-refractivity contribution is 0.0697. The zero-order chi connectivity index (χ0) is 13.7. The number of aromatic nitrogens is 1. The van der Waals surface area contributed by atoms with Crippen LogP contribution in [0.3, 0.4) is 0 Å². The van der Waals surface area contributed by atoms with Gasteiger partial charge in [0.15, 0.2) is 5.13 Å². The van der Waals surface area contributed by atoms with E-state index in [0.29, 0.717) is 10.7 Å². The summed E-state index contributed by atoms with van der Waals surface area (Å²) in [5, 5.41) is 14.5. The van der Waals surface area contributed by atoms with Crippen LogP contribution >= 0.6 is 11.3 Å². The molecule has 1 aromatic heterocycles. The van der Waals surface area contributed by atoms with Gasteiger partial charge in [-0.15, -0.1) is 11.3 Å². The van der Waals surface area contributed by atoms with Crippen molar-refractivity contribution in [1.82, 2.24) is 4.98 Å². The molecule has 1 aromatic carbocycles. The van der Waals surface area contributed by atoms with E-state index in [1.807, 2.05) is 11.4 Å². The third-order valence-electron chi connectivity index (χ3n) is 2.74. The van der Waals surface area contributed by atoms with Crippen LogP contribution in [0.5, 0.6) is 0 Å². The summed E-state index contributed by atoms with van der Waals surface area (Å²) in [5.41, 5.74) is 7.76. The van der Waals surface area contributed by atoms with Gasteiger partial charge >= 0.3 is 5.97 Å². The Bertz CT molecular complexity index is 555. The van der Waals surface area contributed by atoms with Crippen LogP contribution in [0.15, 0.2) is 29.8 Å². The predicted octanol–water partition coefficient (Wildman–Crippen LogP) is 2.47. The van der Waals surface area contributed by atoms with Crippen molar-refractivity contribution in [2.24, 2.45) is 0 Å². The number of aromatic carboxylic acids is 1. The predicted molar refractivity (Wildman–Crippen MR) is 76.7 cm³/mol. The highest BCUT2D eigenvalue weighted by molar-refractivity contribution is 7.13. The molecule has 0 bridgehead atoms. The van der Waals surface area contributed by atoms with E-state index in [0.717, 1.165) is 30.6 Å². The van der Waals surface area contributed by atoms with Crippen LogP contribution in [0, 0.1) is 0 Å². The Kier molecular flexibility index (Phi) is 4.35. The fourth-order valence-electron chi connectivity index (χ4n) is 1.84. The number of nitrogen functional groups attached to an aromatic ring is 1. The highest BCUT2D eigenvalue weighted by Gasteiger charge is 2.10. The summed E-state index contributed by atoms with van der Waals surface area (Å²) in [4.78, 5) is 14.4. The number of rotatable bonds is 1. The number of thiazole rings is 1. The standard InChI is InChI=1S/C10H11NO2.C3H4N2S/c12-10(13)8-3-4-9-7(6-8)2-1-5-11-9;4-3-5-1-2-6-3/h3-4,6,11H,1-2,5H2,(H,12,13);1-2H,(H2,4,5). The van der Waals surface area contributed by atoms with Gasteiger partial charge in [0.25, 0.3) is 0 Å². The summed E-state index contributed by atoms with van der Waals surface area (Å²) in [5.74, 6) is -0.853. The number of hydrogen-bond donors (Lipinski definition) is 3. The molecule has 0 unspecified atom stereocenters. The van der Waals surface area contributed by atoms with E-state index in [1.54, 1.807) is 18.3 Å². The average Bonchev–Trinajstić information content (AvgIpc) is 2.90. The van der Waals surface area contributed by atoms with Crippen LogP contribution < -0.4 is 11.1 Å². The molecule has 5 nitrogen and oxygen atoms in total. The molecule has 0 saturated heterocycles. The van der Waals surface area contributed by atoms with Crippen LogP contribution in [-0.2, 0) is 6.42 Å². The number of hydrogen-bond acceptors (Lipinski definition) is 5. The molecule has 0 aliphatic carbocycles. The lowest BCUT2D eigenvalue weighted by Gasteiger charge is -2.17. The van der Waals surface area contributed by atoms with E-state index < -0.39 is 5.97 Å². The zero-order valence-electron chi connectivity index (χ0n) is 10.3. The van der Waals surface area contributed by atoms with Crippen molar-refractivity contribution in [1.29, 1.82) is 0 Å². The molecule has 3 rings (SSSR count). The third-order valence-corrected chi connectivity index (χ3v) is 3.35. The lowest BCUT2D eigenvalue weighted by atomic mass is 10.0. The number of fused-ring (bicyclic) bond motifs is 1. The maximum Gasteiger partial charge on any atom is 0.335 e. The molecule has 1 aliphatic rings. The van der Waals surface area contributed by atoms with Gasteiger partial charge in [-0.25, -0.2) is 9.78 Å². The number of carboxylic acid groups (broad SMARTS) is 1. The first-order valence-electron chi connectivity index (χ1n) is 5.92. The van der Waals surface area contributed by atoms with E-state index in [4.69, 9.17) is 10.8 Å². The second-order valence-corrected chi connectivity index (χ2v) is 5.00. The molecule has 2 heterocycles. The first kappa shape index (κ1) is 13.4. The number of nitrogens with one attached hydrogen (secondary N) is 1. The van der Waals surface area contributed by atoms with Crippen molar-refractivity contribution in [2.75, 3.05) is 17.6 Å². The summed E-state index contributed by atoms with van der Waals surface area (Å²) < 4.78 is 0. The SMILES string of the molecule is Nc1nccs1.O=C(O)c1ccc2c(c1)CCCN2. The van der Waals surface area contributed by atoms with Gasteiger partial charge in [0.05, 0.1) is 5.56 Å². The third kappa shape index (κ3) is 3.69. The quantitative estimate of drug-likeness (QED) is 0.745. The molecule has 0 saturated carbocycles. The monoisotopic (exact) mass is 277 g/mol. The van der Waals surface area contributed by atoms with Crippen molar-refractivity contribution in [2.45, 2.75) is 12.8 Å². The zero-order valence-corrected chi connectivity index (χ0v) is 11.1. The van der Waals surface area contributed by atoms with E-state index in [2.05, 4.69) is 10.3 Å². The van der Waals surface area contributed by atoms with Gasteiger partial charge in [-0.2, -0.15) is 0 Å². The normalized spacial score (nSPS) is 12.6. The number of nitrogens with two attached hydrogens (primary N) is 1. The average molecular weight is 277 g/mol. The van der Waals surface area contributed by atoms with Crippen molar-refractivity contribution >= 4 is 28.1 Å². The maximum absolute atomic E-state index is 10.7. The smallest absolute Gasteiger partial charge is 0.335 e. The molecule has 19 heavy (non-hydrogen) atoms. The minimum atomic E-state index is -0.853. The van der Waals surface area contributed by atoms with Crippen molar-refractivity contribution in [3.05, 3.63) is 40.9 Å². The fourth-order valence-corrected chi connectivity index (χ4v) is 2.23. The summed E-state index contributed by atoms with van der Waals surface area (Å²) >= 11 is 1.44. The molecule has 0 amide bonds. The first-order chi connectivity index (χ1) is 9.16. The van der Waals surface area contributed by atoms with Crippen LogP contribution in [0.1, 0.15) is 22.3 Å². The molecule has 0 radical (unpaired) electrons. The molecule has 4 N–H and O–H groups in total. The molecular formula is C13H15N3O2S. The number of carboxylic acids is 1. The highest BCUT2D eigenvalue weighted by Crippen LogP contribution is 2.22. The Balaban J connectivity index is 0.000000186.